The Labute approximate surface area is 123 Å². The predicted octanol–water partition coefficient (Wildman–Crippen LogP) is 0.796. The highest BCUT2D eigenvalue weighted by atomic mass is 35.5. The summed E-state index contributed by atoms with van der Waals surface area (Å²) in [6.07, 6.45) is 3.97. The van der Waals surface area contributed by atoms with Crippen LogP contribution in [0.15, 0.2) is 0 Å². The molecule has 0 aromatic heterocycles. The molecule has 114 valence electrons. The largest absolute Gasteiger partial charge is 0.395 e. The Hall–Kier alpha value is 0.130. The van der Waals surface area contributed by atoms with E-state index in [1.807, 2.05) is 0 Å². The third-order valence-corrected chi connectivity index (χ3v) is 4.43. The summed E-state index contributed by atoms with van der Waals surface area (Å²) in [7, 11) is 0. The van der Waals surface area contributed by atoms with E-state index < -0.39 is 0 Å². The van der Waals surface area contributed by atoms with Crippen molar-refractivity contribution >= 4 is 12.4 Å². The first-order valence-corrected chi connectivity index (χ1v) is 7.57. The van der Waals surface area contributed by atoms with Gasteiger partial charge in [-0.05, 0) is 58.3 Å². The van der Waals surface area contributed by atoms with Crippen LogP contribution in [0.3, 0.4) is 0 Å². The lowest BCUT2D eigenvalue weighted by Gasteiger charge is -2.30. The van der Waals surface area contributed by atoms with Crippen molar-refractivity contribution < 1.29 is 5.11 Å². The zero-order chi connectivity index (χ0) is 12.8. The standard InChI is InChI=1S/C14H29N3O.ClH/c1-13(12-18)17-7-3-6-16(8-9-17)11-14-4-2-5-15-10-14;/h13-15,18H,2-12H2,1H3;1H. The second-order valence-electron chi connectivity index (χ2n) is 5.93. The number of halogens is 1. The highest BCUT2D eigenvalue weighted by Gasteiger charge is 2.21. The summed E-state index contributed by atoms with van der Waals surface area (Å²) >= 11 is 0. The number of hydrogen-bond donors (Lipinski definition) is 2. The van der Waals surface area contributed by atoms with Crippen molar-refractivity contribution in [3.8, 4) is 0 Å². The maximum Gasteiger partial charge on any atom is 0.0584 e. The Kier molecular flexibility index (Phi) is 8.26. The van der Waals surface area contributed by atoms with Gasteiger partial charge in [-0.1, -0.05) is 0 Å². The molecule has 4 nitrogen and oxygen atoms in total. The number of piperidine rings is 1. The minimum Gasteiger partial charge on any atom is -0.395 e. The van der Waals surface area contributed by atoms with E-state index in [0.717, 1.165) is 19.0 Å². The molecule has 2 rings (SSSR count). The van der Waals surface area contributed by atoms with E-state index in [-0.39, 0.29) is 19.0 Å². The molecular formula is C14H30ClN3O. The quantitative estimate of drug-likeness (QED) is 0.804. The topological polar surface area (TPSA) is 38.7 Å². The van der Waals surface area contributed by atoms with Crippen LogP contribution in [0.25, 0.3) is 0 Å². The number of nitrogens with one attached hydrogen (secondary N) is 1. The molecule has 2 atom stereocenters. The Balaban J connectivity index is 0.00000180. The minimum atomic E-state index is 0. The predicted molar refractivity (Wildman–Crippen MR) is 82.0 cm³/mol. The summed E-state index contributed by atoms with van der Waals surface area (Å²) in [6.45, 7) is 10.7. The van der Waals surface area contributed by atoms with Crippen molar-refractivity contribution in [3.63, 3.8) is 0 Å². The van der Waals surface area contributed by atoms with Gasteiger partial charge in [0.15, 0.2) is 0 Å². The van der Waals surface area contributed by atoms with Gasteiger partial charge in [0.25, 0.3) is 0 Å². The SMILES string of the molecule is CC(CO)N1CCCN(CC2CCCNC2)CC1.Cl. The van der Waals surface area contributed by atoms with Gasteiger partial charge in [-0.3, -0.25) is 4.90 Å². The second-order valence-corrected chi connectivity index (χ2v) is 5.93. The smallest absolute Gasteiger partial charge is 0.0584 e. The maximum absolute atomic E-state index is 9.24. The Morgan fingerprint density at radius 1 is 1.21 bits per heavy atom. The molecule has 0 aromatic rings. The Morgan fingerprint density at radius 2 is 2.05 bits per heavy atom. The van der Waals surface area contributed by atoms with Gasteiger partial charge in [0.1, 0.15) is 0 Å². The molecule has 0 aromatic carbocycles. The van der Waals surface area contributed by atoms with Crippen molar-refractivity contribution in [1.82, 2.24) is 15.1 Å². The van der Waals surface area contributed by atoms with Crippen molar-refractivity contribution in [3.05, 3.63) is 0 Å². The Bertz CT molecular complexity index is 237. The van der Waals surface area contributed by atoms with E-state index in [2.05, 4.69) is 22.0 Å². The molecule has 2 heterocycles. The molecule has 2 aliphatic rings. The highest BCUT2D eigenvalue weighted by Crippen LogP contribution is 2.14. The zero-order valence-electron chi connectivity index (χ0n) is 12.2. The molecule has 2 aliphatic heterocycles. The molecular weight excluding hydrogens is 262 g/mol. The van der Waals surface area contributed by atoms with Gasteiger partial charge in [-0.25, -0.2) is 0 Å². The highest BCUT2D eigenvalue weighted by molar-refractivity contribution is 5.85. The molecule has 0 radical (unpaired) electrons. The van der Waals surface area contributed by atoms with Gasteiger partial charge >= 0.3 is 0 Å². The summed E-state index contributed by atoms with van der Waals surface area (Å²) < 4.78 is 0. The van der Waals surface area contributed by atoms with Gasteiger partial charge in [0, 0.05) is 25.7 Å². The van der Waals surface area contributed by atoms with Crippen LogP contribution in [-0.4, -0.2) is 73.4 Å². The lowest BCUT2D eigenvalue weighted by atomic mass is 9.99. The molecule has 5 heteroatoms. The summed E-state index contributed by atoms with van der Waals surface area (Å²) in [5, 5.41) is 12.7. The third kappa shape index (κ3) is 5.56. The van der Waals surface area contributed by atoms with E-state index >= 15 is 0 Å². The summed E-state index contributed by atoms with van der Waals surface area (Å²) in [6, 6.07) is 0.321. The van der Waals surface area contributed by atoms with Crippen LogP contribution < -0.4 is 5.32 Å². The lowest BCUT2D eigenvalue weighted by molar-refractivity contribution is 0.135. The van der Waals surface area contributed by atoms with Gasteiger partial charge < -0.3 is 15.3 Å². The summed E-state index contributed by atoms with van der Waals surface area (Å²) in [5.74, 6) is 0.848. The maximum atomic E-state index is 9.24. The van der Waals surface area contributed by atoms with Crippen LogP contribution in [0.2, 0.25) is 0 Å². The van der Waals surface area contributed by atoms with E-state index in [9.17, 15) is 5.11 Å². The lowest BCUT2D eigenvalue weighted by Crippen LogP contribution is -2.41. The van der Waals surface area contributed by atoms with Crippen LogP contribution >= 0.6 is 12.4 Å². The van der Waals surface area contributed by atoms with Gasteiger partial charge in [-0.15, -0.1) is 12.4 Å². The normalized spacial score (nSPS) is 28.4. The van der Waals surface area contributed by atoms with Crippen LogP contribution in [0.4, 0.5) is 0 Å². The molecule has 19 heavy (non-hydrogen) atoms. The summed E-state index contributed by atoms with van der Waals surface area (Å²) in [5.41, 5.74) is 0. The fourth-order valence-corrected chi connectivity index (χ4v) is 3.17. The van der Waals surface area contributed by atoms with Crippen molar-refractivity contribution in [1.29, 1.82) is 0 Å². The molecule has 0 saturated carbocycles. The van der Waals surface area contributed by atoms with E-state index in [4.69, 9.17) is 0 Å². The fraction of sp³-hybridized carbons (Fsp3) is 1.00. The molecule has 2 fully saturated rings. The number of rotatable bonds is 4. The van der Waals surface area contributed by atoms with Crippen LogP contribution in [0, 0.1) is 5.92 Å². The first-order valence-electron chi connectivity index (χ1n) is 7.57. The zero-order valence-corrected chi connectivity index (χ0v) is 13.0. The first kappa shape index (κ1) is 17.2. The first-order chi connectivity index (χ1) is 8.79. The summed E-state index contributed by atoms with van der Waals surface area (Å²) in [4.78, 5) is 5.06. The molecule has 0 bridgehead atoms. The molecule has 2 N–H and O–H groups in total. The molecule has 2 saturated heterocycles. The number of aliphatic hydroxyl groups excluding tert-OH is 1. The van der Waals surface area contributed by atoms with Crippen molar-refractivity contribution in [2.45, 2.75) is 32.2 Å². The van der Waals surface area contributed by atoms with E-state index in [1.54, 1.807) is 0 Å². The van der Waals surface area contributed by atoms with Crippen molar-refractivity contribution in [2.24, 2.45) is 5.92 Å². The fourth-order valence-electron chi connectivity index (χ4n) is 3.17. The minimum absolute atomic E-state index is 0. The van der Waals surface area contributed by atoms with Gasteiger partial charge in [0.05, 0.1) is 6.61 Å². The van der Waals surface area contributed by atoms with Gasteiger partial charge in [0.2, 0.25) is 0 Å². The van der Waals surface area contributed by atoms with E-state index in [0.29, 0.717) is 6.04 Å². The number of nitrogens with zero attached hydrogens (tertiary/aromatic N) is 2. The molecule has 0 amide bonds. The Morgan fingerprint density at radius 3 is 2.74 bits per heavy atom. The third-order valence-electron chi connectivity index (χ3n) is 4.43. The molecule has 0 aliphatic carbocycles. The van der Waals surface area contributed by atoms with Crippen LogP contribution in [-0.2, 0) is 0 Å². The average molecular weight is 292 g/mol. The van der Waals surface area contributed by atoms with E-state index in [1.165, 1.54) is 52.0 Å². The molecule has 2 unspecified atom stereocenters. The van der Waals surface area contributed by atoms with Crippen molar-refractivity contribution in [2.75, 3.05) is 52.4 Å². The molecule has 0 spiro atoms. The monoisotopic (exact) mass is 291 g/mol. The van der Waals surface area contributed by atoms with Crippen LogP contribution in [0.5, 0.6) is 0 Å². The average Bonchev–Trinajstić information content (AvgIpc) is 2.65. The number of hydrogen-bond acceptors (Lipinski definition) is 4. The number of aliphatic hydroxyl groups is 1. The van der Waals surface area contributed by atoms with Crippen LogP contribution in [0.1, 0.15) is 26.2 Å². The second kappa shape index (κ2) is 9.14. The van der Waals surface area contributed by atoms with Gasteiger partial charge in [-0.2, -0.15) is 0 Å².